The molecule has 0 aliphatic carbocycles. The standard InChI is InChI=1S/C31H31F3N2O/c1-35-21-28(26-12-5-6-13-29(26)35)27(24-10-7-11-25(19-24)31(32,33)34)20-30(37)36-16-14-23(15-17-36)18-22-8-3-2-4-9-22/h2-13,19,21,23,27H,14-18,20H2,1H3/t27-/m0/s1. The number of amides is 1. The molecule has 0 N–H and O–H groups in total. The van der Waals surface area contributed by atoms with E-state index in [1.165, 1.54) is 17.7 Å². The Hall–Kier alpha value is -3.54. The van der Waals surface area contributed by atoms with Crippen LogP contribution in [0.5, 0.6) is 0 Å². The lowest BCUT2D eigenvalue weighted by molar-refractivity contribution is -0.137. The fourth-order valence-electron chi connectivity index (χ4n) is 5.63. The van der Waals surface area contributed by atoms with Crippen molar-refractivity contribution in [2.75, 3.05) is 13.1 Å². The van der Waals surface area contributed by atoms with Crippen LogP contribution < -0.4 is 0 Å². The minimum Gasteiger partial charge on any atom is -0.350 e. The Morgan fingerprint density at radius 2 is 1.65 bits per heavy atom. The van der Waals surface area contributed by atoms with Crippen molar-refractivity contribution >= 4 is 16.8 Å². The minimum absolute atomic E-state index is 0.00601. The van der Waals surface area contributed by atoms with Gasteiger partial charge < -0.3 is 9.47 Å². The number of benzene rings is 3. The maximum atomic E-state index is 13.6. The number of carbonyl (C=O) groups is 1. The number of fused-ring (bicyclic) bond motifs is 1. The number of hydrogen-bond donors (Lipinski definition) is 0. The molecule has 0 saturated carbocycles. The van der Waals surface area contributed by atoms with Gasteiger partial charge in [0.15, 0.2) is 0 Å². The van der Waals surface area contributed by atoms with Gasteiger partial charge in [-0.3, -0.25) is 4.79 Å². The molecule has 1 saturated heterocycles. The number of hydrogen-bond acceptors (Lipinski definition) is 1. The Morgan fingerprint density at radius 1 is 0.946 bits per heavy atom. The summed E-state index contributed by atoms with van der Waals surface area (Å²) in [4.78, 5) is 15.4. The smallest absolute Gasteiger partial charge is 0.350 e. The van der Waals surface area contributed by atoms with Gasteiger partial charge in [0, 0.05) is 49.6 Å². The van der Waals surface area contributed by atoms with Crippen molar-refractivity contribution in [2.24, 2.45) is 13.0 Å². The summed E-state index contributed by atoms with van der Waals surface area (Å²) in [6, 6.07) is 23.7. The highest BCUT2D eigenvalue weighted by Gasteiger charge is 2.33. The molecular weight excluding hydrogens is 473 g/mol. The summed E-state index contributed by atoms with van der Waals surface area (Å²) in [6.07, 6.45) is 0.523. The molecule has 0 radical (unpaired) electrons. The number of piperidine rings is 1. The van der Waals surface area contributed by atoms with E-state index >= 15 is 0 Å². The molecule has 1 amide bonds. The number of halogens is 3. The van der Waals surface area contributed by atoms with Crippen molar-refractivity contribution in [3.05, 3.63) is 107 Å². The van der Waals surface area contributed by atoms with Crippen LogP contribution in [0, 0.1) is 5.92 Å². The van der Waals surface area contributed by atoms with Crippen LogP contribution >= 0.6 is 0 Å². The molecule has 4 aromatic rings. The van der Waals surface area contributed by atoms with Crippen LogP contribution in [0.3, 0.4) is 0 Å². The molecule has 0 unspecified atom stereocenters. The highest BCUT2D eigenvalue weighted by atomic mass is 19.4. The monoisotopic (exact) mass is 504 g/mol. The molecular formula is C31H31F3N2O. The summed E-state index contributed by atoms with van der Waals surface area (Å²) >= 11 is 0. The van der Waals surface area contributed by atoms with E-state index in [9.17, 15) is 18.0 Å². The third-order valence-electron chi connectivity index (χ3n) is 7.63. The van der Waals surface area contributed by atoms with Gasteiger partial charge in [-0.2, -0.15) is 13.2 Å². The zero-order valence-electron chi connectivity index (χ0n) is 20.9. The lowest BCUT2D eigenvalue weighted by atomic mass is 9.86. The second-order valence-corrected chi connectivity index (χ2v) is 10.1. The van der Waals surface area contributed by atoms with Gasteiger partial charge in [0.1, 0.15) is 0 Å². The van der Waals surface area contributed by atoms with E-state index < -0.39 is 17.7 Å². The Kier molecular flexibility index (Phi) is 7.09. The fraction of sp³-hybridized carbons (Fsp3) is 0.323. The average molecular weight is 505 g/mol. The van der Waals surface area contributed by atoms with E-state index in [1.54, 1.807) is 6.07 Å². The van der Waals surface area contributed by atoms with E-state index in [-0.39, 0.29) is 12.3 Å². The van der Waals surface area contributed by atoms with Crippen molar-refractivity contribution in [2.45, 2.75) is 37.8 Å². The first-order valence-electron chi connectivity index (χ1n) is 12.8. The van der Waals surface area contributed by atoms with Crippen LogP contribution in [0.15, 0.2) is 85.1 Å². The van der Waals surface area contributed by atoms with Gasteiger partial charge in [-0.05, 0) is 54.0 Å². The average Bonchev–Trinajstić information content (AvgIpc) is 3.24. The summed E-state index contributed by atoms with van der Waals surface area (Å²) in [6.45, 7) is 1.36. The molecule has 1 fully saturated rings. The van der Waals surface area contributed by atoms with Crippen LogP contribution in [-0.2, 0) is 24.4 Å². The SMILES string of the molecule is Cn1cc([C@@H](CC(=O)N2CCC(Cc3ccccc3)CC2)c2cccc(C(F)(F)F)c2)c2ccccc21. The lowest BCUT2D eigenvalue weighted by Crippen LogP contribution is -2.39. The minimum atomic E-state index is -4.44. The highest BCUT2D eigenvalue weighted by Crippen LogP contribution is 2.38. The third-order valence-corrected chi connectivity index (χ3v) is 7.63. The largest absolute Gasteiger partial charge is 0.416 e. The van der Waals surface area contributed by atoms with E-state index in [2.05, 4.69) is 24.3 Å². The zero-order chi connectivity index (χ0) is 26.0. The predicted molar refractivity (Wildman–Crippen MR) is 140 cm³/mol. The summed E-state index contributed by atoms with van der Waals surface area (Å²) in [5.41, 5.74) is 3.00. The second kappa shape index (κ2) is 10.4. The lowest BCUT2D eigenvalue weighted by Gasteiger charge is -2.33. The van der Waals surface area contributed by atoms with Gasteiger partial charge >= 0.3 is 6.18 Å². The molecule has 3 aromatic carbocycles. The van der Waals surface area contributed by atoms with Crippen molar-refractivity contribution in [3.8, 4) is 0 Å². The molecule has 1 aromatic heterocycles. The number of nitrogens with zero attached hydrogens (tertiary/aromatic N) is 2. The van der Waals surface area contributed by atoms with Crippen LogP contribution in [0.25, 0.3) is 10.9 Å². The molecule has 37 heavy (non-hydrogen) atoms. The normalized spacial score (nSPS) is 15.7. The first kappa shape index (κ1) is 25.1. The molecule has 0 bridgehead atoms. The van der Waals surface area contributed by atoms with Gasteiger partial charge in [-0.1, -0.05) is 66.7 Å². The molecule has 0 spiro atoms. The Morgan fingerprint density at radius 3 is 2.38 bits per heavy atom. The number of likely N-dealkylation sites (tertiary alicyclic amines) is 1. The van der Waals surface area contributed by atoms with Crippen LogP contribution in [0.2, 0.25) is 0 Å². The van der Waals surface area contributed by atoms with Crippen molar-refractivity contribution in [1.82, 2.24) is 9.47 Å². The van der Waals surface area contributed by atoms with Gasteiger partial charge in [0.05, 0.1) is 5.56 Å². The Labute approximate surface area is 215 Å². The molecule has 6 heteroatoms. The molecule has 1 aliphatic heterocycles. The molecule has 3 nitrogen and oxygen atoms in total. The first-order chi connectivity index (χ1) is 17.8. The molecule has 192 valence electrons. The number of carbonyl (C=O) groups excluding carboxylic acids is 1. The van der Waals surface area contributed by atoms with Gasteiger partial charge in [-0.15, -0.1) is 0 Å². The summed E-state index contributed by atoms with van der Waals surface area (Å²) in [7, 11) is 1.92. The summed E-state index contributed by atoms with van der Waals surface area (Å²) < 4.78 is 42.7. The van der Waals surface area contributed by atoms with Crippen LogP contribution in [0.4, 0.5) is 13.2 Å². The van der Waals surface area contributed by atoms with Crippen molar-refractivity contribution in [1.29, 1.82) is 0 Å². The quantitative estimate of drug-likeness (QED) is 0.273. The third kappa shape index (κ3) is 5.58. The van der Waals surface area contributed by atoms with Crippen molar-refractivity contribution < 1.29 is 18.0 Å². The van der Waals surface area contributed by atoms with E-state index in [0.717, 1.165) is 41.8 Å². The second-order valence-electron chi connectivity index (χ2n) is 10.1. The number of rotatable bonds is 6. The molecule has 5 rings (SSSR count). The Balaban J connectivity index is 1.39. The number of alkyl halides is 3. The Bertz CT molecular complexity index is 1370. The van der Waals surface area contributed by atoms with Gasteiger partial charge in [0.25, 0.3) is 0 Å². The van der Waals surface area contributed by atoms with Crippen molar-refractivity contribution in [3.63, 3.8) is 0 Å². The molecule has 2 heterocycles. The first-order valence-corrected chi connectivity index (χ1v) is 12.8. The fourth-order valence-corrected chi connectivity index (χ4v) is 5.63. The summed E-state index contributed by atoms with van der Waals surface area (Å²) in [5.74, 6) is 0.0558. The molecule has 1 atom stereocenters. The summed E-state index contributed by atoms with van der Waals surface area (Å²) in [5, 5.41) is 0.960. The predicted octanol–water partition coefficient (Wildman–Crippen LogP) is 7.20. The van der Waals surface area contributed by atoms with Crippen LogP contribution in [-0.4, -0.2) is 28.5 Å². The van der Waals surface area contributed by atoms with E-state index in [1.807, 2.05) is 53.0 Å². The van der Waals surface area contributed by atoms with E-state index in [0.29, 0.717) is 24.6 Å². The van der Waals surface area contributed by atoms with E-state index in [4.69, 9.17) is 0 Å². The maximum Gasteiger partial charge on any atom is 0.416 e. The topological polar surface area (TPSA) is 25.2 Å². The van der Waals surface area contributed by atoms with Crippen LogP contribution in [0.1, 0.15) is 47.4 Å². The van der Waals surface area contributed by atoms with Gasteiger partial charge in [-0.25, -0.2) is 0 Å². The zero-order valence-corrected chi connectivity index (χ0v) is 20.9. The number of para-hydroxylation sites is 1. The molecule has 1 aliphatic rings. The maximum absolute atomic E-state index is 13.6. The number of aromatic nitrogens is 1. The van der Waals surface area contributed by atoms with Gasteiger partial charge in [0.2, 0.25) is 5.91 Å². The number of aryl methyl sites for hydroxylation is 1. The highest BCUT2D eigenvalue weighted by molar-refractivity contribution is 5.86.